The van der Waals surface area contributed by atoms with E-state index < -0.39 is 10.8 Å². The normalized spacial score (nSPS) is 14.8. The first-order valence-corrected chi connectivity index (χ1v) is 7.27. The second kappa shape index (κ2) is 7.62. The van der Waals surface area contributed by atoms with Crippen LogP contribution < -0.4 is 11.1 Å². The lowest BCUT2D eigenvalue weighted by Crippen LogP contribution is -2.45. The molecule has 0 bridgehead atoms. The van der Waals surface area contributed by atoms with E-state index in [2.05, 4.69) is 5.32 Å². The summed E-state index contributed by atoms with van der Waals surface area (Å²) in [6.45, 7) is 11.8. The minimum Gasteiger partial charge on any atom is -0.464 e. The van der Waals surface area contributed by atoms with Crippen molar-refractivity contribution in [2.24, 2.45) is 16.6 Å². The third kappa shape index (κ3) is 5.49. The van der Waals surface area contributed by atoms with Crippen LogP contribution in [0.15, 0.2) is 0 Å². The molecule has 1 atom stereocenters. The van der Waals surface area contributed by atoms with Gasteiger partial charge in [0.05, 0.1) is 5.41 Å². The van der Waals surface area contributed by atoms with Crippen molar-refractivity contribution in [3.05, 3.63) is 0 Å². The van der Waals surface area contributed by atoms with Gasteiger partial charge in [-0.1, -0.05) is 13.8 Å². The van der Waals surface area contributed by atoms with Gasteiger partial charge in [0.15, 0.2) is 0 Å². The maximum absolute atomic E-state index is 12.3. The minimum atomic E-state index is -0.714. The van der Waals surface area contributed by atoms with Crippen LogP contribution in [0.4, 0.5) is 0 Å². The molecular weight excluding hydrogens is 256 g/mol. The fourth-order valence-corrected chi connectivity index (χ4v) is 2.20. The summed E-state index contributed by atoms with van der Waals surface area (Å²) in [5.74, 6) is -0.324. The van der Waals surface area contributed by atoms with Crippen molar-refractivity contribution in [3.63, 3.8) is 0 Å². The van der Waals surface area contributed by atoms with Gasteiger partial charge in [0.1, 0.15) is 6.61 Å². The van der Waals surface area contributed by atoms with Gasteiger partial charge in [0.25, 0.3) is 0 Å². The summed E-state index contributed by atoms with van der Waals surface area (Å²) in [6.07, 6.45) is 1.11. The maximum Gasteiger partial charge on any atom is 0.311 e. The molecule has 0 saturated carbocycles. The number of hydrogen-bond donors (Lipinski definition) is 2. The van der Waals surface area contributed by atoms with Crippen LogP contribution >= 0.6 is 0 Å². The molecule has 118 valence electrons. The first kappa shape index (κ1) is 18.9. The molecule has 1 amide bonds. The molecule has 5 heteroatoms. The molecule has 0 aliphatic heterocycles. The number of ether oxygens (including phenoxy) is 1. The highest BCUT2D eigenvalue weighted by atomic mass is 16.5. The lowest BCUT2D eigenvalue weighted by atomic mass is 9.71. The molecule has 0 fully saturated rings. The number of carbonyl (C=O) groups is 2. The van der Waals surface area contributed by atoms with Crippen molar-refractivity contribution >= 4 is 11.9 Å². The van der Waals surface area contributed by atoms with E-state index >= 15 is 0 Å². The van der Waals surface area contributed by atoms with Crippen molar-refractivity contribution in [1.29, 1.82) is 0 Å². The van der Waals surface area contributed by atoms with Gasteiger partial charge in [0.2, 0.25) is 5.91 Å². The van der Waals surface area contributed by atoms with Gasteiger partial charge in [-0.3, -0.25) is 9.59 Å². The predicted molar refractivity (Wildman–Crippen MR) is 80.1 cm³/mol. The summed E-state index contributed by atoms with van der Waals surface area (Å²) in [6, 6.07) is 0.0840. The van der Waals surface area contributed by atoms with E-state index in [4.69, 9.17) is 10.5 Å². The zero-order valence-electron chi connectivity index (χ0n) is 13.7. The molecule has 0 aliphatic carbocycles. The molecule has 0 heterocycles. The van der Waals surface area contributed by atoms with Gasteiger partial charge in [0, 0.05) is 18.0 Å². The molecule has 0 radical (unpaired) electrons. The number of rotatable bonds is 8. The average Bonchev–Trinajstić information content (AvgIpc) is 2.34. The molecule has 20 heavy (non-hydrogen) atoms. The van der Waals surface area contributed by atoms with Crippen LogP contribution in [0.5, 0.6) is 0 Å². The van der Waals surface area contributed by atoms with Crippen LogP contribution in [-0.2, 0) is 14.3 Å². The van der Waals surface area contributed by atoms with Crippen LogP contribution in [-0.4, -0.2) is 31.1 Å². The summed E-state index contributed by atoms with van der Waals surface area (Å²) in [5, 5.41) is 2.93. The largest absolute Gasteiger partial charge is 0.464 e. The summed E-state index contributed by atoms with van der Waals surface area (Å²) in [5.41, 5.74) is 4.03. The van der Waals surface area contributed by atoms with Crippen LogP contribution in [0.3, 0.4) is 0 Å². The topological polar surface area (TPSA) is 81.4 Å². The summed E-state index contributed by atoms with van der Waals surface area (Å²) >= 11 is 0. The fourth-order valence-electron chi connectivity index (χ4n) is 2.20. The maximum atomic E-state index is 12.3. The third-order valence-corrected chi connectivity index (χ3v) is 3.48. The van der Waals surface area contributed by atoms with Crippen molar-refractivity contribution in [3.8, 4) is 0 Å². The van der Waals surface area contributed by atoms with E-state index in [0.717, 1.165) is 0 Å². The van der Waals surface area contributed by atoms with E-state index in [1.807, 2.05) is 41.5 Å². The first-order valence-electron chi connectivity index (χ1n) is 7.27. The number of nitrogens with one attached hydrogen (secondary N) is 1. The standard InChI is InChI=1S/C15H30N2O3/c1-7-15(6,12(18)17-11(2)3)10-14(4,5)13(19)20-9-8-16/h11H,7-10,16H2,1-6H3,(H,17,18). The van der Waals surface area contributed by atoms with Gasteiger partial charge in [-0.05, 0) is 40.5 Å². The monoisotopic (exact) mass is 286 g/mol. The number of carbonyl (C=O) groups excluding carboxylic acids is 2. The van der Waals surface area contributed by atoms with Crippen LogP contribution in [0.2, 0.25) is 0 Å². The van der Waals surface area contributed by atoms with Crippen molar-refractivity contribution in [2.45, 2.75) is 60.4 Å². The Labute approximate surface area is 122 Å². The molecule has 0 aromatic rings. The van der Waals surface area contributed by atoms with E-state index in [0.29, 0.717) is 19.4 Å². The Kier molecular flexibility index (Phi) is 7.20. The summed E-state index contributed by atoms with van der Waals surface area (Å²) in [4.78, 5) is 24.4. The second-order valence-electron chi connectivity index (χ2n) is 6.53. The van der Waals surface area contributed by atoms with Crippen LogP contribution in [0, 0.1) is 10.8 Å². The Morgan fingerprint density at radius 3 is 2.20 bits per heavy atom. The molecule has 0 aromatic carbocycles. The molecule has 1 unspecified atom stereocenters. The quantitative estimate of drug-likeness (QED) is 0.667. The Hall–Kier alpha value is -1.10. The van der Waals surface area contributed by atoms with Crippen molar-refractivity contribution < 1.29 is 14.3 Å². The number of amides is 1. The van der Waals surface area contributed by atoms with Gasteiger partial charge >= 0.3 is 5.97 Å². The number of esters is 1. The summed E-state index contributed by atoms with van der Waals surface area (Å²) < 4.78 is 5.11. The van der Waals surface area contributed by atoms with E-state index in [-0.39, 0.29) is 24.5 Å². The minimum absolute atomic E-state index is 0.0188. The Morgan fingerprint density at radius 2 is 1.80 bits per heavy atom. The zero-order chi connectivity index (χ0) is 16.0. The average molecular weight is 286 g/mol. The van der Waals surface area contributed by atoms with E-state index in [1.54, 1.807) is 0 Å². The zero-order valence-corrected chi connectivity index (χ0v) is 13.7. The number of hydrogen-bond acceptors (Lipinski definition) is 4. The molecule has 5 nitrogen and oxygen atoms in total. The molecule has 0 saturated heterocycles. The van der Waals surface area contributed by atoms with E-state index in [1.165, 1.54) is 0 Å². The Balaban J connectivity index is 4.91. The van der Waals surface area contributed by atoms with Crippen LogP contribution in [0.25, 0.3) is 0 Å². The molecular formula is C15H30N2O3. The van der Waals surface area contributed by atoms with E-state index in [9.17, 15) is 9.59 Å². The first-order chi connectivity index (χ1) is 9.09. The Morgan fingerprint density at radius 1 is 1.25 bits per heavy atom. The fraction of sp³-hybridized carbons (Fsp3) is 0.867. The van der Waals surface area contributed by atoms with Gasteiger partial charge < -0.3 is 15.8 Å². The second-order valence-corrected chi connectivity index (χ2v) is 6.53. The lowest BCUT2D eigenvalue weighted by Gasteiger charge is -2.35. The summed E-state index contributed by atoms with van der Waals surface area (Å²) in [7, 11) is 0. The number of nitrogens with two attached hydrogens (primary N) is 1. The highest BCUT2D eigenvalue weighted by molar-refractivity contribution is 5.84. The SMILES string of the molecule is CCC(C)(CC(C)(C)C(=O)OCCN)C(=O)NC(C)C. The van der Waals surface area contributed by atoms with Crippen molar-refractivity contribution in [2.75, 3.05) is 13.2 Å². The smallest absolute Gasteiger partial charge is 0.311 e. The molecule has 0 spiro atoms. The Bertz CT molecular complexity index is 340. The highest BCUT2D eigenvalue weighted by Gasteiger charge is 2.41. The van der Waals surface area contributed by atoms with Crippen LogP contribution in [0.1, 0.15) is 54.4 Å². The molecule has 0 rings (SSSR count). The highest BCUT2D eigenvalue weighted by Crippen LogP contribution is 2.37. The van der Waals surface area contributed by atoms with Gasteiger partial charge in [-0.25, -0.2) is 0 Å². The molecule has 3 N–H and O–H groups in total. The third-order valence-electron chi connectivity index (χ3n) is 3.48. The van der Waals surface area contributed by atoms with Gasteiger partial charge in [-0.2, -0.15) is 0 Å². The lowest BCUT2D eigenvalue weighted by molar-refractivity contribution is -0.156. The molecule has 0 aromatic heterocycles. The molecule has 0 aliphatic rings. The van der Waals surface area contributed by atoms with Gasteiger partial charge in [-0.15, -0.1) is 0 Å². The van der Waals surface area contributed by atoms with Crippen molar-refractivity contribution in [1.82, 2.24) is 5.32 Å². The predicted octanol–water partition coefficient (Wildman–Crippen LogP) is 1.85.